The number of carbonyl (C=O) groups excluding carboxylic acids is 2. The molecule has 5 aromatic carbocycles. The lowest BCUT2D eigenvalue weighted by molar-refractivity contribution is -0.132. The molecule has 0 bridgehead atoms. The predicted octanol–water partition coefficient (Wildman–Crippen LogP) is 9.29. The van der Waals surface area contributed by atoms with Crippen LogP contribution in [-0.2, 0) is 21.9 Å². The normalized spacial score (nSPS) is 15.4. The van der Waals surface area contributed by atoms with Crippen molar-refractivity contribution >= 4 is 56.5 Å². The number of amides is 1. The number of carbonyl (C=O) groups is 2. The fraction of sp³-hybridized carbons (Fsp3) is 0.171. The number of anilines is 1. The lowest BCUT2D eigenvalue weighted by atomic mass is 9.95. The fourth-order valence-corrected chi connectivity index (χ4v) is 7.93. The third kappa shape index (κ3) is 7.38. The molecule has 0 aliphatic carbocycles. The van der Waals surface area contributed by atoms with Gasteiger partial charge in [0.25, 0.3) is 5.78 Å². The second-order valence-electron chi connectivity index (χ2n) is 12.2. The summed E-state index contributed by atoms with van der Waals surface area (Å²) < 4.78 is 12.4. The number of benzene rings is 5. The highest BCUT2D eigenvalue weighted by molar-refractivity contribution is 8.00. The van der Waals surface area contributed by atoms with Gasteiger partial charge in [-0.15, -0.1) is 10.2 Å². The lowest BCUT2D eigenvalue weighted by Gasteiger charge is -2.22. The number of fused-ring (bicyclic) bond motifs is 1. The van der Waals surface area contributed by atoms with Crippen molar-refractivity contribution in [2.24, 2.45) is 0 Å². The summed E-state index contributed by atoms with van der Waals surface area (Å²) in [5.41, 5.74) is 4.32. The average molecular weight is 714 g/mol. The largest absolute Gasteiger partial charge is 0.507 e. The van der Waals surface area contributed by atoms with Crippen molar-refractivity contribution in [3.05, 3.63) is 149 Å². The second-order valence-corrected chi connectivity index (χ2v) is 14.3. The number of aryl methyl sites for hydroxylation is 1. The standard InChI is InChI=1S/C41H35N3O5S2/c1-3-22-48-32-18-14-29(15-19-32)36-35(37(45)30-16-20-33(21-17-30)49-24-27-9-6-8-26(2)23-27)38(46)39(47)44(36)40-42-43-41(51-40)50-25-31-12-7-11-28-10-4-5-13-34(28)31/h4-21,23,36,45H,3,22,24-25H2,1-2H3. The van der Waals surface area contributed by atoms with E-state index in [4.69, 9.17) is 9.47 Å². The second kappa shape index (κ2) is 15.2. The first-order chi connectivity index (χ1) is 24.9. The van der Waals surface area contributed by atoms with Crippen LogP contribution in [0.5, 0.6) is 11.5 Å². The number of ketones is 1. The highest BCUT2D eigenvalue weighted by Crippen LogP contribution is 2.44. The zero-order chi connectivity index (χ0) is 35.3. The quantitative estimate of drug-likeness (QED) is 0.0440. The molecule has 1 aromatic heterocycles. The molecule has 1 aliphatic rings. The van der Waals surface area contributed by atoms with Gasteiger partial charge >= 0.3 is 5.91 Å². The van der Waals surface area contributed by atoms with E-state index in [-0.39, 0.29) is 16.5 Å². The van der Waals surface area contributed by atoms with Gasteiger partial charge in [-0.25, -0.2) is 0 Å². The number of hydrogen-bond acceptors (Lipinski definition) is 9. The number of ether oxygens (including phenoxy) is 2. The molecule has 1 aliphatic heterocycles. The van der Waals surface area contributed by atoms with E-state index in [0.717, 1.165) is 28.5 Å². The van der Waals surface area contributed by atoms with E-state index in [2.05, 4.69) is 40.5 Å². The Bertz CT molecular complexity index is 2230. The molecule has 256 valence electrons. The van der Waals surface area contributed by atoms with Gasteiger partial charge in [0.1, 0.15) is 23.9 Å². The van der Waals surface area contributed by atoms with Crippen molar-refractivity contribution in [1.29, 1.82) is 0 Å². The summed E-state index contributed by atoms with van der Waals surface area (Å²) in [5, 5.41) is 23.0. The average Bonchev–Trinajstić information content (AvgIpc) is 3.73. The van der Waals surface area contributed by atoms with Crippen LogP contribution in [0, 0.1) is 6.92 Å². The van der Waals surface area contributed by atoms with Gasteiger partial charge < -0.3 is 14.6 Å². The Morgan fingerprint density at radius 3 is 2.37 bits per heavy atom. The molecular formula is C41H35N3O5S2. The summed E-state index contributed by atoms with van der Waals surface area (Å²) in [6.45, 7) is 5.01. The van der Waals surface area contributed by atoms with Gasteiger partial charge in [0.15, 0.2) is 4.34 Å². The SMILES string of the molecule is CCCOc1ccc(C2C(=C(O)c3ccc(OCc4cccc(C)c4)cc3)C(=O)C(=O)N2c2nnc(SCc3cccc4ccccc34)s2)cc1. The van der Waals surface area contributed by atoms with Crippen molar-refractivity contribution in [3.8, 4) is 11.5 Å². The number of rotatable bonds is 12. The van der Waals surface area contributed by atoms with E-state index in [1.165, 1.54) is 33.4 Å². The number of aromatic nitrogens is 2. The molecule has 1 amide bonds. The van der Waals surface area contributed by atoms with Crippen LogP contribution in [0.25, 0.3) is 16.5 Å². The van der Waals surface area contributed by atoms with Crippen LogP contribution in [0.1, 0.15) is 47.2 Å². The van der Waals surface area contributed by atoms with Crippen molar-refractivity contribution < 1.29 is 24.2 Å². The molecule has 1 unspecified atom stereocenters. The molecule has 51 heavy (non-hydrogen) atoms. The Morgan fingerprint density at radius 2 is 1.59 bits per heavy atom. The van der Waals surface area contributed by atoms with Crippen LogP contribution in [-0.4, -0.2) is 33.6 Å². The van der Waals surface area contributed by atoms with E-state index in [0.29, 0.717) is 45.9 Å². The van der Waals surface area contributed by atoms with Gasteiger partial charge in [-0.1, -0.05) is 114 Å². The van der Waals surface area contributed by atoms with Gasteiger partial charge in [-0.2, -0.15) is 0 Å². The maximum atomic E-state index is 13.8. The minimum atomic E-state index is -0.939. The number of aliphatic hydroxyl groups is 1. The van der Waals surface area contributed by atoms with Gasteiger partial charge in [0, 0.05) is 11.3 Å². The molecule has 1 atom stereocenters. The molecule has 10 heteroatoms. The molecule has 2 heterocycles. The Morgan fingerprint density at radius 1 is 0.863 bits per heavy atom. The van der Waals surface area contributed by atoms with E-state index in [1.807, 2.05) is 50.2 Å². The number of nitrogens with zero attached hydrogens (tertiary/aromatic N) is 3. The monoisotopic (exact) mass is 713 g/mol. The summed E-state index contributed by atoms with van der Waals surface area (Å²) in [6.07, 6.45) is 0.857. The molecule has 0 spiro atoms. The zero-order valence-corrected chi connectivity index (χ0v) is 29.7. The van der Waals surface area contributed by atoms with Gasteiger partial charge in [0.2, 0.25) is 5.13 Å². The number of Topliss-reactive ketones (excluding diaryl/α,β-unsaturated/α-hetero) is 1. The van der Waals surface area contributed by atoms with Crippen LogP contribution in [0.2, 0.25) is 0 Å². The summed E-state index contributed by atoms with van der Waals surface area (Å²) >= 11 is 2.75. The molecule has 0 saturated carbocycles. The molecular weight excluding hydrogens is 679 g/mol. The minimum Gasteiger partial charge on any atom is -0.507 e. The van der Waals surface area contributed by atoms with Crippen molar-refractivity contribution in [3.63, 3.8) is 0 Å². The summed E-state index contributed by atoms with van der Waals surface area (Å²) in [6, 6.07) is 35.6. The maximum absolute atomic E-state index is 13.8. The zero-order valence-electron chi connectivity index (χ0n) is 28.1. The summed E-state index contributed by atoms with van der Waals surface area (Å²) in [7, 11) is 0. The van der Waals surface area contributed by atoms with E-state index >= 15 is 0 Å². The summed E-state index contributed by atoms with van der Waals surface area (Å²) in [5.74, 6) is 0.0585. The van der Waals surface area contributed by atoms with Crippen molar-refractivity contribution in [1.82, 2.24) is 10.2 Å². The molecule has 6 aromatic rings. The Hall–Kier alpha value is -5.45. The maximum Gasteiger partial charge on any atom is 0.301 e. The van der Waals surface area contributed by atoms with Crippen molar-refractivity contribution in [2.45, 2.75) is 43.0 Å². The first kappa shape index (κ1) is 34.0. The molecule has 0 radical (unpaired) electrons. The van der Waals surface area contributed by atoms with Crippen LogP contribution < -0.4 is 14.4 Å². The van der Waals surface area contributed by atoms with E-state index in [9.17, 15) is 14.7 Å². The lowest BCUT2D eigenvalue weighted by Crippen LogP contribution is -2.29. The van der Waals surface area contributed by atoms with Crippen molar-refractivity contribution in [2.75, 3.05) is 11.5 Å². The van der Waals surface area contributed by atoms with Crippen LogP contribution in [0.3, 0.4) is 0 Å². The molecule has 1 N–H and O–H groups in total. The van der Waals surface area contributed by atoms with Crippen LogP contribution in [0.15, 0.2) is 125 Å². The Kier molecular flexibility index (Phi) is 10.1. The third-order valence-corrected chi connectivity index (χ3v) is 10.7. The minimum absolute atomic E-state index is 0.0317. The van der Waals surface area contributed by atoms with E-state index in [1.54, 1.807) is 48.5 Å². The number of thioether (sulfide) groups is 1. The first-order valence-electron chi connectivity index (χ1n) is 16.6. The van der Waals surface area contributed by atoms with Gasteiger partial charge in [-0.05, 0) is 77.2 Å². The predicted molar refractivity (Wildman–Crippen MR) is 202 cm³/mol. The third-order valence-electron chi connectivity index (χ3n) is 8.56. The van der Waals surface area contributed by atoms with Crippen LogP contribution >= 0.6 is 23.1 Å². The highest BCUT2D eigenvalue weighted by Gasteiger charge is 2.48. The highest BCUT2D eigenvalue weighted by atomic mass is 32.2. The molecule has 8 nitrogen and oxygen atoms in total. The van der Waals surface area contributed by atoms with Crippen LogP contribution in [0.4, 0.5) is 5.13 Å². The number of hydrogen-bond donors (Lipinski definition) is 1. The Labute approximate surface area is 304 Å². The Balaban J connectivity index is 1.18. The van der Waals surface area contributed by atoms with E-state index < -0.39 is 17.7 Å². The summed E-state index contributed by atoms with van der Waals surface area (Å²) in [4.78, 5) is 28.9. The molecule has 7 rings (SSSR count). The molecule has 1 saturated heterocycles. The number of aliphatic hydroxyl groups excluding tert-OH is 1. The topological polar surface area (TPSA) is 102 Å². The molecule has 1 fully saturated rings. The first-order valence-corrected chi connectivity index (χ1v) is 18.5. The smallest absolute Gasteiger partial charge is 0.301 e. The van der Waals surface area contributed by atoms with Gasteiger partial charge in [0.05, 0.1) is 18.2 Å². The fourth-order valence-electron chi connectivity index (χ4n) is 6.06. The van der Waals surface area contributed by atoms with Gasteiger partial charge in [-0.3, -0.25) is 14.5 Å².